The molecule has 2 heterocycles. The average molecular weight is 365 g/mol. The Labute approximate surface area is 144 Å². The molecule has 3 rings (SSSR count). The monoisotopic (exact) mass is 365 g/mol. The predicted molar refractivity (Wildman–Crippen MR) is 90.6 cm³/mol. The first-order chi connectivity index (χ1) is 11.9. The maximum Gasteiger partial charge on any atom is 0.387 e. The quantitative estimate of drug-likeness (QED) is 0.771. The number of nitrogens with zero attached hydrogens (tertiary/aromatic N) is 2. The Morgan fingerprint density at radius 2 is 2.08 bits per heavy atom. The third-order valence-corrected chi connectivity index (χ3v) is 4.77. The Bertz CT molecular complexity index is 1010. The zero-order valence-electron chi connectivity index (χ0n) is 13.2. The zero-order chi connectivity index (χ0) is 18.1. The van der Waals surface area contributed by atoms with Gasteiger partial charge in [0.05, 0.1) is 22.3 Å². The Hall–Kier alpha value is -2.81. The molecule has 2 aromatic heterocycles. The molecule has 0 unspecified atom stereocenters. The molecule has 0 aliphatic heterocycles. The third kappa shape index (κ3) is 3.22. The van der Waals surface area contributed by atoms with Gasteiger partial charge in [-0.2, -0.15) is 8.78 Å². The molecule has 0 fully saturated rings. The summed E-state index contributed by atoms with van der Waals surface area (Å²) in [4.78, 5) is 29.7. The number of nitrogens with one attached hydrogen (secondary N) is 1. The van der Waals surface area contributed by atoms with Gasteiger partial charge in [0.15, 0.2) is 0 Å². The van der Waals surface area contributed by atoms with Crippen molar-refractivity contribution in [2.45, 2.75) is 13.5 Å². The summed E-state index contributed by atoms with van der Waals surface area (Å²) >= 11 is 1.07. The minimum atomic E-state index is -3.00. The number of hydrogen-bond donors (Lipinski definition) is 1. The van der Waals surface area contributed by atoms with Crippen molar-refractivity contribution in [1.29, 1.82) is 0 Å². The third-order valence-electron chi connectivity index (χ3n) is 3.57. The van der Waals surface area contributed by atoms with Crippen molar-refractivity contribution in [2.24, 2.45) is 7.05 Å². The van der Waals surface area contributed by atoms with E-state index in [1.54, 1.807) is 20.0 Å². The van der Waals surface area contributed by atoms with Gasteiger partial charge in [0.1, 0.15) is 10.6 Å². The smallest absolute Gasteiger partial charge is 0.387 e. The van der Waals surface area contributed by atoms with E-state index in [9.17, 15) is 18.4 Å². The lowest BCUT2D eigenvalue weighted by molar-refractivity contribution is -0.0493. The van der Waals surface area contributed by atoms with Crippen molar-refractivity contribution >= 4 is 33.1 Å². The van der Waals surface area contributed by atoms with Crippen LogP contribution in [0.15, 0.2) is 35.4 Å². The largest absolute Gasteiger partial charge is 0.433 e. The standard InChI is InChI=1S/C16H13F2N3O3S/c1-8-11-14(19-7-21(2)15(11)23)25-12(8)13(22)20-9-5-3-4-6-10(9)24-16(17)18/h3-7,16H,1-2H3,(H,20,22). The molecule has 0 spiro atoms. The molecule has 1 N–H and O–H groups in total. The van der Waals surface area contributed by atoms with Gasteiger partial charge in [-0.25, -0.2) is 4.98 Å². The number of anilines is 1. The van der Waals surface area contributed by atoms with E-state index in [0.29, 0.717) is 15.8 Å². The molecular formula is C16H13F2N3O3S. The normalized spacial score (nSPS) is 11.1. The Balaban J connectivity index is 1.98. The van der Waals surface area contributed by atoms with Gasteiger partial charge in [0.25, 0.3) is 11.5 Å². The zero-order valence-corrected chi connectivity index (χ0v) is 14.1. The number of rotatable bonds is 4. The number of carbonyl (C=O) groups is 1. The second-order valence-corrected chi connectivity index (χ2v) is 6.22. The summed E-state index contributed by atoms with van der Waals surface area (Å²) in [5.41, 5.74) is 0.364. The Morgan fingerprint density at radius 3 is 2.80 bits per heavy atom. The maximum absolute atomic E-state index is 12.6. The van der Waals surface area contributed by atoms with Crippen LogP contribution >= 0.6 is 11.3 Å². The molecule has 0 bridgehead atoms. The molecule has 0 saturated carbocycles. The van der Waals surface area contributed by atoms with Gasteiger partial charge in [0, 0.05) is 7.05 Å². The molecule has 1 aromatic carbocycles. The van der Waals surface area contributed by atoms with Gasteiger partial charge in [-0.05, 0) is 24.6 Å². The van der Waals surface area contributed by atoms with Crippen molar-refractivity contribution in [3.8, 4) is 5.75 Å². The molecule has 0 aliphatic rings. The number of benzene rings is 1. The average Bonchev–Trinajstić information content (AvgIpc) is 2.90. The lowest BCUT2D eigenvalue weighted by Crippen LogP contribution is -2.17. The van der Waals surface area contributed by atoms with E-state index >= 15 is 0 Å². The molecule has 6 nitrogen and oxygen atoms in total. The summed E-state index contributed by atoms with van der Waals surface area (Å²) in [5.74, 6) is -0.661. The number of para-hydroxylation sites is 2. The van der Waals surface area contributed by atoms with Crippen LogP contribution in [0.4, 0.5) is 14.5 Å². The Kier molecular flexibility index (Phi) is 4.49. The highest BCUT2D eigenvalue weighted by Crippen LogP contribution is 2.30. The lowest BCUT2D eigenvalue weighted by atomic mass is 10.2. The fourth-order valence-corrected chi connectivity index (χ4v) is 3.41. The number of alkyl halides is 2. The first-order valence-electron chi connectivity index (χ1n) is 7.18. The van der Waals surface area contributed by atoms with Crippen LogP contribution in [0.2, 0.25) is 0 Å². The van der Waals surface area contributed by atoms with Gasteiger partial charge >= 0.3 is 6.61 Å². The highest BCUT2D eigenvalue weighted by atomic mass is 32.1. The number of ether oxygens (including phenoxy) is 1. The van der Waals surface area contributed by atoms with Gasteiger partial charge in [-0.3, -0.25) is 9.59 Å². The van der Waals surface area contributed by atoms with E-state index in [4.69, 9.17) is 0 Å². The first kappa shape index (κ1) is 17.0. The molecule has 9 heteroatoms. The number of amides is 1. The molecule has 0 atom stereocenters. The molecule has 0 saturated heterocycles. The van der Waals surface area contributed by atoms with Crippen LogP contribution in [0.3, 0.4) is 0 Å². The van der Waals surface area contributed by atoms with Crippen molar-refractivity contribution in [3.63, 3.8) is 0 Å². The van der Waals surface area contributed by atoms with Crippen molar-refractivity contribution in [3.05, 3.63) is 51.4 Å². The number of fused-ring (bicyclic) bond motifs is 1. The minimum Gasteiger partial charge on any atom is -0.433 e. The number of carbonyl (C=O) groups excluding carboxylic acids is 1. The number of aromatic nitrogens is 2. The van der Waals surface area contributed by atoms with Crippen LogP contribution in [0, 0.1) is 6.92 Å². The molecular weight excluding hydrogens is 352 g/mol. The van der Waals surface area contributed by atoms with Gasteiger partial charge in [0.2, 0.25) is 0 Å². The number of halogens is 2. The fourth-order valence-electron chi connectivity index (χ4n) is 2.37. The van der Waals surface area contributed by atoms with Crippen LogP contribution in [-0.2, 0) is 7.05 Å². The van der Waals surface area contributed by atoms with Crippen LogP contribution in [-0.4, -0.2) is 22.1 Å². The molecule has 1 amide bonds. The van der Waals surface area contributed by atoms with Crippen molar-refractivity contribution in [2.75, 3.05) is 5.32 Å². The molecule has 0 aliphatic carbocycles. The summed E-state index contributed by atoms with van der Waals surface area (Å²) in [6.07, 6.45) is 1.38. The highest BCUT2D eigenvalue weighted by Gasteiger charge is 2.20. The van der Waals surface area contributed by atoms with Crippen molar-refractivity contribution < 1.29 is 18.3 Å². The van der Waals surface area contributed by atoms with Gasteiger partial charge < -0.3 is 14.6 Å². The highest BCUT2D eigenvalue weighted by molar-refractivity contribution is 7.20. The molecule has 0 radical (unpaired) electrons. The van der Waals surface area contributed by atoms with E-state index in [0.717, 1.165) is 11.3 Å². The summed E-state index contributed by atoms with van der Waals surface area (Å²) in [6.45, 7) is -1.35. The van der Waals surface area contributed by atoms with Crippen LogP contribution < -0.4 is 15.6 Å². The van der Waals surface area contributed by atoms with Crippen LogP contribution in [0.1, 0.15) is 15.2 Å². The first-order valence-corrected chi connectivity index (χ1v) is 8.00. The maximum atomic E-state index is 12.6. The number of hydrogen-bond acceptors (Lipinski definition) is 5. The van der Waals surface area contributed by atoms with Crippen LogP contribution in [0.5, 0.6) is 5.75 Å². The summed E-state index contributed by atoms with van der Waals surface area (Å²) in [7, 11) is 1.57. The SMILES string of the molecule is Cc1c(C(=O)Nc2ccccc2OC(F)F)sc2ncn(C)c(=O)c12. The Morgan fingerprint density at radius 1 is 1.36 bits per heavy atom. The summed E-state index contributed by atoms with van der Waals surface area (Å²) in [6, 6.07) is 5.89. The summed E-state index contributed by atoms with van der Waals surface area (Å²) in [5, 5.41) is 2.92. The second-order valence-electron chi connectivity index (χ2n) is 5.23. The van der Waals surface area contributed by atoms with E-state index in [1.165, 1.54) is 29.1 Å². The van der Waals surface area contributed by atoms with E-state index < -0.39 is 12.5 Å². The van der Waals surface area contributed by atoms with E-state index in [-0.39, 0.29) is 21.9 Å². The van der Waals surface area contributed by atoms with Crippen LogP contribution in [0.25, 0.3) is 10.2 Å². The van der Waals surface area contributed by atoms with Crippen molar-refractivity contribution in [1.82, 2.24) is 9.55 Å². The van der Waals surface area contributed by atoms with Gasteiger partial charge in [-0.15, -0.1) is 11.3 Å². The molecule has 25 heavy (non-hydrogen) atoms. The topological polar surface area (TPSA) is 73.2 Å². The number of aryl methyl sites for hydroxylation is 2. The van der Waals surface area contributed by atoms with E-state index in [2.05, 4.69) is 15.0 Å². The minimum absolute atomic E-state index is 0.116. The van der Waals surface area contributed by atoms with Gasteiger partial charge in [-0.1, -0.05) is 12.1 Å². The molecule has 130 valence electrons. The molecule has 3 aromatic rings. The lowest BCUT2D eigenvalue weighted by Gasteiger charge is -2.11. The second kappa shape index (κ2) is 6.60. The summed E-state index contributed by atoms with van der Waals surface area (Å²) < 4.78 is 30.7. The number of thiophene rings is 1. The fraction of sp³-hybridized carbons (Fsp3) is 0.188. The predicted octanol–water partition coefficient (Wildman–Crippen LogP) is 3.16. The van der Waals surface area contributed by atoms with E-state index in [1.807, 2.05) is 0 Å².